The maximum Gasteiger partial charge on any atom is 0.161 e. The average molecular weight is 421 g/mol. The van der Waals surface area contributed by atoms with Gasteiger partial charge in [0.25, 0.3) is 0 Å². The summed E-state index contributed by atoms with van der Waals surface area (Å²) in [6.45, 7) is 0. The number of carbonyl (C=O) groups is 1. The molecule has 1 aliphatic carbocycles. The molecule has 1 aliphatic rings. The molecule has 0 radical (unpaired) electrons. The zero-order valence-corrected chi connectivity index (χ0v) is 18.4. The second-order valence-corrected chi connectivity index (χ2v) is 7.28. The predicted octanol–water partition coefficient (Wildman–Crippen LogP) is 5.35. The summed E-state index contributed by atoms with van der Waals surface area (Å²) in [7, 11) is 6.46. The molecule has 0 amide bonds. The minimum absolute atomic E-state index is 0.139. The van der Waals surface area contributed by atoms with Crippen LogP contribution < -0.4 is 18.9 Å². The van der Waals surface area contributed by atoms with E-state index >= 15 is 0 Å². The lowest BCUT2D eigenvalue weighted by Crippen LogP contribution is -2.11. The molecule has 5 heteroatoms. The first kappa shape index (κ1) is 22.2. The molecule has 0 aromatic heterocycles. The highest BCUT2D eigenvalue weighted by Gasteiger charge is 2.17. The molecule has 0 N–H and O–H groups in total. The Morgan fingerprint density at radius 1 is 0.710 bits per heavy atom. The number of allylic oxidation sites excluding steroid dienone is 4. The normalized spacial score (nSPS) is 16.5. The monoisotopic (exact) mass is 420 g/mol. The summed E-state index contributed by atoms with van der Waals surface area (Å²) in [5.74, 6) is 3.03. The number of carbonyl (C=O) groups excluding carboxylic acids is 1. The molecule has 1 atom stereocenters. The topological polar surface area (TPSA) is 54.0 Å². The van der Waals surface area contributed by atoms with E-state index in [1.807, 2.05) is 54.6 Å². The highest BCUT2D eigenvalue weighted by molar-refractivity contribution is 5.92. The summed E-state index contributed by atoms with van der Waals surface area (Å²) in [5, 5.41) is 0. The summed E-state index contributed by atoms with van der Waals surface area (Å²) in [4.78, 5) is 12.3. The van der Waals surface area contributed by atoms with E-state index in [1.54, 1.807) is 34.5 Å². The van der Waals surface area contributed by atoms with Crippen molar-refractivity contribution < 1.29 is 23.7 Å². The quantitative estimate of drug-likeness (QED) is 0.576. The van der Waals surface area contributed by atoms with Gasteiger partial charge < -0.3 is 18.9 Å². The number of ether oxygens (including phenoxy) is 4. The lowest BCUT2D eigenvalue weighted by atomic mass is 9.87. The van der Waals surface area contributed by atoms with E-state index in [0.717, 1.165) is 23.1 Å². The Bertz CT molecular complexity index is 1020. The Hall–Kier alpha value is -3.47. The van der Waals surface area contributed by atoms with Crippen LogP contribution in [0, 0.1) is 5.92 Å². The number of hydrogen-bond donors (Lipinski definition) is 0. The van der Waals surface area contributed by atoms with E-state index in [9.17, 15) is 4.79 Å². The third-order valence-corrected chi connectivity index (χ3v) is 5.17. The van der Waals surface area contributed by atoms with Gasteiger partial charge in [-0.3, -0.25) is 4.79 Å². The van der Waals surface area contributed by atoms with E-state index < -0.39 is 0 Å². The molecule has 5 nitrogen and oxygen atoms in total. The third kappa shape index (κ3) is 5.79. The van der Waals surface area contributed by atoms with Gasteiger partial charge in [-0.2, -0.15) is 0 Å². The summed E-state index contributed by atoms with van der Waals surface area (Å²) in [6, 6.07) is 11.5. The fraction of sp³-hybridized carbons (Fsp3) is 0.269. The molecule has 31 heavy (non-hydrogen) atoms. The Morgan fingerprint density at radius 2 is 1.26 bits per heavy atom. The van der Waals surface area contributed by atoms with Crippen LogP contribution in [0.5, 0.6) is 23.0 Å². The first-order chi connectivity index (χ1) is 15.1. The van der Waals surface area contributed by atoms with Gasteiger partial charge in [-0.15, -0.1) is 0 Å². The zero-order valence-electron chi connectivity index (χ0n) is 18.4. The lowest BCUT2D eigenvalue weighted by molar-refractivity contribution is -0.115. The van der Waals surface area contributed by atoms with Crippen LogP contribution in [0.1, 0.15) is 24.0 Å². The molecule has 0 unspecified atom stereocenters. The van der Waals surface area contributed by atoms with Crippen LogP contribution in [-0.2, 0) is 4.79 Å². The first-order valence-corrected chi connectivity index (χ1v) is 10.1. The number of rotatable bonds is 8. The molecule has 0 aliphatic heterocycles. The third-order valence-electron chi connectivity index (χ3n) is 5.17. The molecule has 3 rings (SSSR count). The van der Waals surface area contributed by atoms with Crippen LogP contribution in [0.15, 0.2) is 60.2 Å². The van der Waals surface area contributed by atoms with Crippen LogP contribution in [0.2, 0.25) is 0 Å². The van der Waals surface area contributed by atoms with Crippen LogP contribution in [0.4, 0.5) is 0 Å². The molecule has 2 aromatic rings. The molecule has 0 heterocycles. The van der Waals surface area contributed by atoms with Crippen LogP contribution in [0.3, 0.4) is 0 Å². The molecule has 0 spiro atoms. The van der Waals surface area contributed by atoms with Crippen molar-refractivity contribution in [3.05, 3.63) is 71.3 Å². The van der Waals surface area contributed by atoms with E-state index in [2.05, 4.69) is 6.08 Å². The van der Waals surface area contributed by atoms with Crippen molar-refractivity contribution in [3.8, 4) is 23.0 Å². The Kier molecular flexibility index (Phi) is 7.55. The Morgan fingerprint density at radius 3 is 1.81 bits per heavy atom. The minimum Gasteiger partial charge on any atom is -0.493 e. The second-order valence-electron chi connectivity index (χ2n) is 7.28. The second kappa shape index (κ2) is 10.5. The van der Waals surface area contributed by atoms with Crippen molar-refractivity contribution in [1.82, 2.24) is 0 Å². The number of ketones is 1. The lowest BCUT2D eigenvalue weighted by Gasteiger charge is -2.17. The summed E-state index contributed by atoms with van der Waals surface area (Å²) in [6.07, 6.45) is 11.2. The number of hydrogen-bond acceptors (Lipinski definition) is 5. The van der Waals surface area contributed by atoms with Gasteiger partial charge in [0.15, 0.2) is 28.8 Å². The maximum absolute atomic E-state index is 12.3. The van der Waals surface area contributed by atoms with Crippen molar-refractivity contribution in [2.45, 2.75) is 12.8 Å². The van der Waals surface area contributed by atoms with Crippen LogP contribution in [-0.4, -0.2) is 34.2 Å². The standard InChI is InChI=1S/C26H28O5/c1-28-23-11-9-18(16-25(23)30-3)5-7-20-13-21(15-22(27)14-20)8-6-19-10-12-24(29-2)26(17-19)31-4/h5-12,14,16-17,21H,13,15H2,1-4H3/b7-5-,8-6-/t21-/m1/s1. The van der Waals surface area contributed by atoms with Gasteiger partial charge in [0, 0.05) is 6.42 Å². The highest BCUT2D eigenvalue weighted by atomic mass is 16.5. The Balaban J connectivity index is 1.70. The molecule has 0 fully saturated rings. The number of benzene rings is 2. The highest BCUT2D eigenvalue weighted by Crippen LogP contribution is 2.31. The van der Waals surface area contributed by atoms with Crippen molar-refractivity contribution in [2.24, 2.45) is 5.92 Å². The Labute approximate surface area is 183 Å². The first-order valence-electron chi connectivity index (χ1n) is 10.1. The summed E-state index contributed by atoms with van der Waals surface area (Å²) in [5.41, 5.74) is 2.99. The fourth-order valence-corrected chi connectivity index (χ4v) is 3.57. The molecular formula is C26H28O5. The summed E-state index contributed by atoms with van der Waals surface area (Å²) >= 11 is 0. The number of methoxy groups -OCH3 is 4. The minimum atomic E-state index is 0.139. The zero-order chi connectivity index (χ0) is 22.2. The van der Waals surface area contributed by atoms with E-state index in [4.69, 9.17) is 18.9 Å². The smallest absolute Gasteiger partial charge is 0.161 e. The van der Waals surface area contributed by atoms with Gasteiger partial charge in [0.05, 0.1) is 28.4 Å². The van der Waals surface area contributed by atoms with Gasteiger partial charge in [-0.25, -0.2) is 0 Å². The van der Waals surface area contributed by atoms with Gasteiger partial charge in [-0.1, -0.05) is 36.4 Å². The van der Waals surface area contributed by atoms with Gasteiger partial charge in [-0.05, 0) is 59.4 Å². The predicted molar refractivity (Wildman–Crippen MR) is 123 cm³/mol. The molecule has 162 valence electrons. The molecule has 0 saturated heterocycles. The largest absolute Gasteiger partial charge is 0.493 e. The molecule has 0 bridgehead atoms. The van der Waals surface area contributed by atoms with E-state index in [-0.39, 0.29) is 11.7 Å². The fourth-order valence-electron chi connectivity index (χ4n) is 3.57. The van der Waals surface area contributed by atoms with Gasteiger partial charge >= 0.3 is 0 Å². The van der Waals surface area contributed by atoms with Crippen LogP contribution >= 0.6 is 0 Å². The maximum atomic E-state index is 12.3. The van der Waals surface area contributed by atoms with Crippen molar-refractivity contribution in [3.63, 3.8) is 0 Å². The molecule has 0 saturated carbocycles. The van der Waals surface area contributed by atoms with Crippen molar-refractivity contribution in [2.75, 3.05) is 28.4 Å². The van der Waals surface area contributed by atoms with E-state index in [0.29, 0.717) is 29.4 Å². The molecular weight excluding hydrogens is 392 g/mol. The van der Waals surface area contributed by atoms with E-state index in [1.165, 1.54) is 0 Å². The van der Waals surface area contributed by atoms with Crippen molar-refractivity contribution >= 4 is 17.9 Å². The molecule has 2 aromatic carbocycles. The SMILES string of the molecule is COc1ccc(/C=C\C2=CC(=O)C[C@H](/C=C\c3ccc(OC)c(OC)c3)C2)cc1OC. The van der Waals surface area contributed by atoms with Gasteiger partial charge in [0.1, 0.15) is 0 Å². The van der Waals surface area contributed by atoms with Crippen molar-refractivity contribution in [1.29, 1.82) is 0 Å². The average Bonchev–Trinajstić information content (AvgIpc) is 2.80. The summed E-state index contributed by atoms with van der Waals surface area (Å²) < 4.78 is 21.3. The van der Waals surface area contributed by atoms with Crippen LogP contribution in [0.25, 0.3) is 12.2 Å². The van der Waals surface area contributed by atoms with Gasteiger partial charge in [0.2, 0.25) is 0 Å².